The van der Waals surface area contributed by atoms with Crippen LogP contribution in [0.15, 0.2) is 18.2 Å². The maximum atomic E-state index is 12.1. The molecule has 19 heavy (non-hydrogen) atoms. The van der Waals surface area contributed by atoms with Gasteiger partial charge in [-0.3, -0.25) is 4.79 Å². The van der Waals surface area contributed by atoms with Crippen LogP contribution in [-0.4, -0.2) is 29.0 Å². The number of nitriles is 1. The van der Waals surface area contributed by atoms with E-state index in [4.69, 9.17) is 16.9 Å². The number of benzene rings is 1. The number of piperidine rings is 1. The fourth-order valence-corrected chi connectivity index (χ4v) is 2.46. The first kappa shape index (κ1) is 13.7. The second kappa shape index (κ2) is 5.94. The summed E-state index contributed by atoms with van der Waals surface area (Å²) in [4.78, 5) is 13.9. The molecule has 0 spiro atoms. The van der Waals surface area contributed by atoms with Gasteiger partial charge in [-0.2, -0.15) is 5.26 Å². The van der Waals surface area contributed by atoms with Gasteiger partial charge in [0.15, 0.2) is 0 Å². The third-order valence-electron chi connectivity index (χ3n) is 3.32. The minimum Gasteiger partial charge on any atom is -0.506 e. The summed E-state index contributed by atoms with van der Waals surface area (Å²) in [6.07, 6.45) is 1.99. The zero-order chi connectivity index (χ0) is 13.8. The second-order valence-corrected chi connectivity index (χ2v) is 5.18. The largest absolute Gasteiger partial charge is 0.506 e. The van der Waals surface area contributed by atoms with Gasteiger partial charge in [-0.25, -0.2) is 0 Å². The molecule has 1 aromatic carbocycles. The van der Waals surface area contributed by atoms with Crippen molar-refractivity contribution >= 4 is 17.5 Å². The number of nitrogens with zero attached hydrogens (tertiary/aromatic N) is 2. The fraction of sp³-hybridized carbons (Fsp3) is 0.429. The summed E-state index contributed by atoms with van der Waals surface area (Å²) >= 11 is 5.81. The first-order valence-electron chi connectivity index (χ1n) is 6.25. The molecule has 1 atom stereocenters. The molecule has 1 aliphatic rings. The van der Waals surface area contributed by atoms with E-state index >= 15 is 0 Å². The number of phenols is 1. The lowest BCUT2D eigenvalue weighted by molar-refractivity contribution is -0.131. The minimum atomic E-state index is -0.0545. The van der Waals surface area contributed by atoms with Crippen molar-refractivity contribution in [3.63, 3.8) is 0 Å². The van der Waals surface area contributed by atoms with E-state index in [1.807, 2.05) is 0 Å². The maximum absolute atomic E-state index is 12.1. The number of aromatic hydroxyl groups is 1. The van der Waals surface area contributed by atoms with Gasteiger partial charge < -0.3 is 10.0 Å². The molecule has 0 saturated carbocycles. The highest BCUT2D eigenvalue weighted by atomic mass is 35.5. The highest BCUT2D eigenvalue weighted by Gasteiger charge is 2.23. The SMILES string of the molecule is N#C[C@H]1CCCN(C(=O)Cc2ccc(O)c(Cl)c2)C1. The molecule has 1 amide bonds. The first-order valence-corrected chi connectivity index (χ1v) is 6.62. The Bertz CT molecular complexity index is 525. The monoisotopic (exact) mass is 278 g/mol. The summed E-state index contributed by atoms with van der Waals surface area (Å²) in [7, 11) is 0. The lowest BCUT2D eigenvalue weighted by Gasteiger charge is -2.29. The second-order valence-electron chi connectivity index (χ2n) is 4.77. The standard InChI is InChI=1S/C14H15ClN2O2/c15-12-6-10(3-4-13(12)18)7-14(19)17-5-1-2-11(8-16)9-17/h3-4,6,11,18H,1-2,5,7,9H2/t11-/m1/s1. The van der Waals surface area contributed by atoms with Crippen LogP contribution in [0.3, 0.4) is 0 Å². The lowest BCUT2D eigenvalue weighted by Crippen LogP contribution is -2.40. The Labute approximate surface area is 117 Å². The molecule has 1 heterocycles. The number of hydrogen-bond donors (Lipinski definition) is 1. The van der Waals surface area contributed by atoms with Crippen molar-refractivity contribution in [2.45, 2.75) is 19.3 Å². The normalized spacial score (nSPS) is 18.9. The van der Waals surface area contributed by atoms with Crippen LogP contribution in [0.25, 0.3) is 0 Å². The highest BCUT2D eigenvalue weighted by Crippen LogP contribution is 2.24. The van der Waals surface area contributed by atoms with Crippen LogP contribution in [0.1, 0.15) is 18.4 Å². The topological polar surface area (TPSA) is 64.3 Å². The zero-order valence-electron chi connectivity index (χ0n) is 10.5. The summed E-state index contributed by atoms with van der Waals surface area (Å²) in [5, 5.41) is 18.5. The van der Waals surface area contributed by atoms with Crippen molar-refractivity contribution in [3.8, 4) is 11.8 Å². The van der Waals surface area contributed by atoms with E-state index in [1.54, 1.807) is 17.0 Å². The van der Waals surface area contributed by atoms with Crippen LogP contribution < -0.4 is 0 Å². The molecule has 5 heteroatoms. The van der Waals surface area contributed by atoms with Crippen molar-refractivity contribution in [1.29, 1.82) is 5.26 Å². The summed E-state index contributed by atoms with van der Waals surface area (Å²) in [5.74, 6) is -0.0387. The third-order valence-corrected chi connectivity index (χ3v) is 3.63. The summed E-state index contributed by atoms with van der Waals surface area (Å²) in [6, 6.07) is 6.99. The van der Waals surface area contributed by atoms with Crippen molar-refractivity contribution < 1.29 is 9.90 Å². The van der Waals surface area contributed by atoms with Gasteiger partial charge in [0.2, 0.25) is 5.91 Å². The molecule has 1 saturated heterocycles. The molecule has 1 aliphatic heterocycles. The van der Waals surface area contributed by atoms with E-state index in [0.717, 1.165) is 18.4 Å². The summed E-state index contributed by atoms with van der Waals surface area (Å²) < 4.78 is 0. The van der Waals surface area contributed by atoms with Crippen LogP contribution in [0.2, 0.25) is 5.02 Å². The number of halogens is 1. The van der Waals surface area contributed by atoms with Crippen molar-refractivity contribution in [2.24, 2.45) is 5.92 Å². The third kappa shape index (κ3) is 3.39. The van der Waals surface area contributed by atoms with Crippen LogP contribution in [0, 0.1) is 17.2 Å². The van der Waals surface area contributed by atoms with E-state index in [-0.39, 0.29) is 29.0 Å². The van der Waals surface area contributed by atoms with E-state index in [2.05, 4.69) is 6.07 Å². The van der Waals surface area contributed by atoms with Crippen molar-refractivity contribution in [2.75, 3.05) is 13.1 Å². The lowest BCUT2D eigenvalue weighted by atomic mass is 9.99. The van der Waals surface area contributed by atoms with Crippen LogP contribution in [-0.2, 0) is 11.2 Å². The molecule has 0 unspecified atom stereocenters. The van der Waals surface area contributed by atoms with E-state index < -0.39 is 0 Å². The summed E-state index contributed by atoms with van der Waals surface area (Å²) in [6.45, 7) is 1.23. The number of rotatable bonds is 2. The van der Waals surface area contributed by atoms with Gasteiger partial charge in [0.05, 0.1) is 23.4 Å². The van der Waals surface area contributed by atoms with Crippen LogP contribution >= 0.6 is 11.6 Å². The van der Waals surface area contributed by atoms with Gasteiger partial charge in [0.1, 0.15) is 5.75 Å². The van der Waals surface area contributed by atoms with Gasteiger partial charge in [-0.1, -0.05) is 17.7 Å². The highest BCUT2D eigenvalue weighted by molar-refractivity contribution is 6.32. The predicted octanol–water partition coefficient (Wildman–Crippen LogP) is 2.35. The molecule has 1 fully saturated rings. The first-order chi connectivity index (χ1) is 9.10. The molecule has 0 aromatic heterocycles. The average molecular weight is 279 g/mol. The molecular weight excluding hydrogens is 264 g/mol. The average Bonchev–Trinajstić information content (AvgIpc) is 2.43. The number of carbonyl (C=O) groups is 1. The Morgan fingerprint density at radius 2 is 2.37 bits per heavy atom. The van der Waals surface area contributed by atoms with E-state index in [1.165, 1.54) is 6.07 Å². The zero-order valence-corrected chi connectivity index (χ0v) is 11.2. The van der Waals surface area contributed by atoms with Gasteiger partial charge in [0.25, 0.3) is 0 Å². The van der Waals surface area contributed by atoms with Crippen molar-refractivity contribution in [3.05, 3.63) is 28.8 Å². The smallest absolute Gasteiger partial charge is 0.227 e. The summed E-state index contributed by atoms with van der Waals surface area (Å²) in [5.41, 5.74) is 0.770. The number of phenolic OH excluding ortho intramolecular Hbond substituents is 1. The number of amides is 1. The van der Waals surface area contributed by atoms with Gasteiger partial charge >= 0.3 is 0 Å². The predicted molar refractivity (Wildman–Crippen MR) is 71.7 cm³/mol. The Morgan fingerprint density at radius 1 is 1.58 bits per heavy atom. The Hall–Kier alpha value is -1.73. The quantitative estimate of drug-likeness (QED) is 0.903. The Kier molecular flexibility index (Phi) is 4.28. The molecular formula is C14H15ClN2O2. The number of likely N-dealkylation sites (tertiary alicyclic amines) is 1. The molecule has 0 bridgehead atoms. The maximum Gasteiger partial charge on any atom is 0.227 e. The van der Waals surface area contributed by atoms with Gasteiger partial charge in [0, 0.05) is 13.1 Å². The molecule has 1 N–H and O–H groups in total. The Balaban J connectivity index is 2.00. The van der Waals surface area contributed by atoms with Crippen LogP contribution in [0.5, 0.6) is 5.75 Å². The van der Waals surface area contributed by atoms with Gasteiger partial charge in [-0.15, -0.1) is 0 Å². The van der Waals surface area contributed by atoms with E-state index in [9.17, 15) is 9.90 Å². The molecule has 4 nitrogen and oxygen atoms in total. The number of hydrogen-bond acceptors (Lipinski definition) is 3. The Morgan fingerprint density at radius 3 is 3.05 bits per heavy atom. The molecule has 2 rings (SSSR count). The number of carbonyl (C=O) groups excluding carboxylic acids is 1. The molecule has 1 aromatic rings. The van der Waals surface area contributed by atoms with E-state index in [0.29, 0.717) is 13.1 Å². The molecule has 100 valence electrons. The molecule has 0 radical (unpaired) electrons. The van der Waals surface area contributed by atoms with Crippen LogP contribution in [0.4, 0.5) is 0 Å². The fourth-order valence-electron chi connectivity index (χ4n) is 2.26. The van der Waals surface area contributed by atoms with Crippen molar-refractivity contribution in [1.82, 2.24) is 4.90 Å². The minimum absolute atomic E-state index is 0.00158. The van der Waals surface area contributed by atoms with Gasteiger partial charge in [-0.05, 0) is 30.5 Å². The molecule has 0 aliphatic carbocycles.